The fraction of sp³-hybridized carbons (Fsp3) is 0.500. The van der Waals surface area contributed by atoms with Gasteiger partial charge in [0.2, 0.25) is 0 Å². The van der Waals surface area contributed by atoms with E-state index < -0.39 is 0 Å². The number of aromatic nitrogens is 2. The highest BCUT2D eigenvalue weighted by atomic mass is 79.9. The maximum Gasteiger partial charge on any atom is 0.191 e. The molecule has 118 valence electrons. The minimum Gasteiger partial charge on any atom is -0.357 e. The number of imidazole rings is 1. The third kappa shape index (κ3) is 3.80. The topological polar surface area (TPSA) is 53.7 Å². The molecule has 22 heavy (non-hydrogen) atoms. The van der Waals surface area contributed by atoms with Gasteiger partial charge in [-0.05, 0) is 47.8 Å². The van der Waals surface area contributed by atoms with Gasteiger partial charge < -0.3 is 15.0 Å². The Bertz CT molecular complexity index is 658. The van der Waals surface area contributed by atoms with Crippen molar-refractivity contribution in [2.45, 2.75) is 45.2 Å². The molecule has 0 unspecified atom stereocenters. The van der Waals surface area contributed by atoms with Crippen LogP contribution in [0.25, 0.3) is 5.65 Å². The van der Waals surface area contributed by atoms with Gasteiger partial charge in [0.05, 0.1) is 12.2 Å². The highest BCUT2D eigenvalue weighted by Crippen LogP contribution is 2.17. The van der Waals surface area contributed by atoms with Crippen LogP contribution in [0.15, 0.2) is 34.0 Å². The molecule has 5 nitrogen and oxygen atoms in total. The second-order valence-corrected chi connectivity index (χ2v) is 6.58. The Morgan fingerprint density at radius 2 is 2.18 bits per heavy atom. The molecular formula is C16H22BrN5. The number of fused-ring (bicyclic) bond motifs is 1. The quantitative estimate of drug-likeness (QED) is 0.648. The van der Waals surface area contributed by atoms with Crippen LogP contribution in [0.5, 0.6) is 0 Å². The van der Waals surface area contributed by atoms with Gasteiger partial charge in [-0.3, -0.25) is 0 Å². The molecule has 2 aromatic rings. The lowest BCUT2D eigenvalue weighted by molar-refractivity contribution is 0.613. The Labute approximate surface area is 139 Å². The predicted molar refractivity (Wildman–Crippen MR) is 93.1 cm³/mol. The summed E-state index contributed by atoms with van der Waals surface area (Å²) < 4.78 is 3.07. The number of hydrogen-bond acceptors (Lipinski definition) is 2. The lowest BCUT2D eigenvalue weighted by Gasteiger charge is -2.16. The highest BCUT2D eigenvalue weighted by molar-refractivity contribution is 9.10. The SMILES string of the molecule is CCNC(=NCc1cn2cc(Br)ccc2n1)NC1CCCC1. The van der Waals surface area contributed by atoms with E-state index in [4.69, 9.17) is 0 Å². The minimum absolute atomic E-state index is 0.565. The van der Waals surface area contributed by atoms with E-state index in [-0.39, 0.29) is 0 Å². The molecule has 1 fully saturated rings. The van der Waals surface area contributed by atoms with Crippen LogP contribution < -0.4 is 10.6 Å². The van der Waals surface area contributed by atoms with E-state index in [1.165, 1.54) is 25.7 Å². The molecule has 0 atom stereocenters. The van der Waals surface area contributed by atoms with E-state index in [1.54, 1.807) is 0 Å². The minimum atomic E-state index is 0.565. The molecular weight excluding hydrogens is 342 g/mol. The summed E-state index contributed by atoms with van der Waals surface area (Å²) in [4.78, 5) is 9.27. The van der Waals surface area contributed by atoms with Gasteiger partial charge in [-0.25, -0.2) is 9.98 Å². The van der Waals surface area contributed by atoms with Crippen LogP contribution in [-0.2, 0) is 6.54 Å². The monoisotopic (exact) mass is 363 g/mol. The third-order valence-electron chi connectivity index (χ3n) is 3.90. The summed E-state index contributed by atoms with van der Waals surface area (Å²) in [5.74, 6) is 0.896. The maximum absolute atomic E-state index is 4.67. The average molecular weight is 364 g/mol. The molecule has 1 aliphatic rings. The lowest BCUT2D eigenvalue weighted by Crippen LogP contribution is -2.42. The fourth-order valence-electron chi connectivity index (χ4n) is 2.84. The first-order chi connectivity index (χ1) is 10.7. The Balaban J connectivity index is 1.70. The summed E-state index contributed by atoms with van der Waals surface area (Å²) in [6, 6.07) is 4.57. The normalized spacial score (nSPS) is 16.4. The Morgan fingerprint density at radius 3 is 2.95 bits per heavy atom. The van der Waals surface area contributed by atoms with Crippen molar-refractivity contribution >= 4 is 27.5 Å². The van der Waals surface area contributed by atoms with Gasteiger partial charge in [-0.15, -0.1) is 0 Å². The first-order valence-electron chi connectivity index (χ1n) is 7.92. The molecule has 0 radical (unpaired) electrons. The average Bonchev–Trinajstić information content (AvgIpc) is 3.13. The number of nitrogens with one attached hydrogen (secondary N) is 2. The van der Waals surface area contributed by atoms with Crippen molar-refractivity contribution in [1.29, 1.82) is 0 Å². The summed E-state index contributed by atoms with van der Waals surface area (Å²) >= 11 is 3.48. The number of hydrogen-bond donors (Lipinski definition) is 2. The molecule has 0 bridgehead atoms. The third-order valence-corrected chi connectivity index (χ3v) is 4.37. The van der Waals surface area contributed by atoms with Gasteiger partial charge in [-0.2, -0.15) is 0 Å². The summed E-state index contributed by atoms with van der Waals surface area (Å²) in [7, 11) is 0. The van der Waals surface area contributed by atoms with Crippen LogP contribution in [0.3, 0.4) is 0 Å². The number of aliphatic imine (C=N–C) groups is 1. The van der Waals surface area contributed by atoms with E-state index in [0.717, 1.165) is 28.3 Å². The van der Waals surface area contributed by atoms with Crippen LogP contribution >= 0.6 is 15.9 Å². The molecule has 1 aliphatic carbocycles. The molecule has 2 aromatic heterocycles. The van der Waals surface area contributed by atoms with Crippen LogP contribution in [0.2, 0.25) is 0 Å². The summed E-state index contributed by atoms with van der Waals surface area (Å²) in [5.41, 5.74) is 1.92. The van der Waals surface area contributed by atoms with E-state index >= 15 is 0 Å². The largest absolute Gasteiger partial charge is 0.357 e. The standard InChI is InChI=1S/C16H22BrN5/c1-2-18-16(21-13-5-3-4-6-13)19-9-14-11-22-10-12(17)7-8-15(22)20-14/h7-8,10-11,13H,2-6,9H2,1H3,(H2,18,19,21). The summed E-state index contributed by atoms with van der Waals surface area (Å²) in [6.07, 6.45) is 9.16. The van der Waals surface area contributed by atoms with E-state index in [0.29, 0.717) is 12.6 Å². The maximum atomic E-state index is 4.67. The number of rotatable bonds is 4. The predicted octanol–water partition coefficient (Wildman–Crippen LogP) is 3.09. The van der Waals surface area contributed by atoms with Gasteiger partial charge in [0.25, 0.3) is 0 Å². The molecule has 0 aliphatic heterocycles. The van der Waals surface area contributed by atoms with Crippen molar-refractivity contribution < 1.29 is 0 Å². The zero-order valence-corrected chi connectivity index (χ0v) is 14.4. The zero-order chi connectivity index (χ0) is 15.4. The molecule has 1 saturated carbocycles. The second-order valence-electron chi connectivity index (χ2n) is 5.67. The zero-order valence-electron chi connectivity index (χ0n) is 12.8. The second kappa shape index (κ2) is 7.13. The van der Waals surface area contributed by atoms with Gasteiger partial charge in [-0.1, -0.05) is 12.8 Å². The number of guanidine groups is 1. The Kier molecular flexibility index (Phi) is 4.97. The van der Waals surface area contributed by atoms with Crippen LogP contribution in [0.4, 0.5) is 0 Å². The van der Waals surface area contributed by atoms with Crippen molar-refractivity contribution in [2.24, 2.45) is 4.99 Å². The molecule has 0 amide bonds. The molecule has 0 saturated heterocycles. The van der Waals surface area contributed by atoms with Crippen molar-refractivity contribution in [3.05, 3.63) is 34.7 Å². The van der Waals surface area contributed by atoms with Gasteiger partial charge in [0.1, 0.15) is 5.65 Å². The molecule has 2 heterocycles. The smallest absolute Gasteiger partial charge is 0.191 e. The molecule has 6 heteroatoms. The molecule has 0 aromatic carbocycles. The van der Waals surface area contributed by atoms with E-state index in [2.05, 4.69) is 43.5 Å². The van der Waals surface area contributed by atoms with Gasteiger partial charge in [0, 0.05) is 29.5 Å². The first kappa shape index (κ1) is 15.3. The van der Waals surface area contributed by atoms with Crippen LogP contribution in [0, 0.1) is 0 Å². The Morgan fingerprint density at radius 1 is 1.36 bits per heavy atom. The number of halogens is 1. The Hall–Kier alpha value is -1.56. The fourth-order valence-corrected chi connectivity index (χ4v) is 3.19. The van der Waals surface area contributed by atoms with Crippen LogP contribution in [-0.4, -0.2) is 27.9 Å². The van der Waals surface area contributed by atoms with Crippen LogP contribution in [0.1, 0.15) is 38.3 Å². The molecule has 0 spiro atoms. The van der Waals surface area contributed by atoms with E-state index in [9.17, 15) is 0 Å². The van der Waals surface area contributed by atoms with Gasteiger partial charge >= 0.3 is 0 Å². The van der Waals surface area contributed by atoms with Crippen molar-refractivity contribution in [2.75, 3.05) is 6.54 Å². The highest BCUT2D eigenvalue weighted by Gasteiger charge is 2.15. The molecule has 2 N–H and O–H groups in total. The van der Waals surface area contributed by atoms with Crippen molar-refractivity contribution in [3.8, 4) is 0 Å². The summed E-state index contributed by atoms with van der Waals surface area (Å²) in [5, 5.41) is 6.85. The van der Waals surface area contributed by atoms with Gasteiger partial charge in [0.15, 0.2) is 5.96 Å². The van der Waals surface area contributed by atoms with Crippen molar-refractivity contribution in [3.63, 3.8) is 0 Å². The number of nitrogens with zero attached hydrogens (tertiary/aromatic N) is 3. The summed E-state index contributed by atoms with van der Waals surface area (Å²) in [6.45, 7) is 3.55. The van der Waals surface area contributed by atoms with Crippen molar-refractivity contribution in [1.82, 2.24) is 20.0 Å². The van der Waals surface area contributed by atoms with E-state index in [1.807, 2.05) is 28.9 Å². The molecule has 3 rings (SSSR count). The lowest BCUT2D eigenvalue weighted by atomic mass is 10.2. The number of pyridine rings is 1. The first-order valence-corrected chi connectivity index (χ1v) is 8.72.